The maximum absolute atomic E-state index is 11.5. The smallest absolute Gasteiger partial charge is 0.330 e. The Morgan fingerprint density at radius 1 is 1.59 bits per heavy atom. The van der Waals surface area contributed by atoms with Crippen LogP contribution in [0, 0.1) is 6.92 Å². The molecule has 0 spiro atoms. The van der Waals surface area contributed by atoms with Gasteiger partial charge in [0.2, 0.25) is 0 Å². The lowest BCUT2D eigenvalue weighted by Gasteiger charge is -2.14. The van der Waals surface area contributed by atoms with Crippen LogP contribution in [0.1, 0.15) is 18.2 Å². The molecule has 0 saturated carbocycles. The predicted octanol–water partition coefficient (Wildman–Crippen LogP) is -1.08. The molecule has 1 aromatic heterocycles. The average molecular weight is 241 g/mol. The van der Waals surface area contributed by atoms with E-state index in [1.807, 2.05) is 0 Å². The first-order chi connectivity index (χ1) is 8.02. The van der Waals surface area contributed by atoms with Crippen molar-refractivity contribution in [1.82, 2.24) is 9.55 Å². The molecule has 1 saturated heterocycles. The number of aryl methyl sites for hydroxylation is 1. The highest BCUT2D eigenvalue weighted by molar-refractivity contribution is 5.01. The van der Waals surface area contributed by atoms with Gasteiger partial charge in [-0.15, -0.1) is 0 Å². The third-order valence-corrected chi connectivity index (χ3v) is 2.82. The summed E-state index contributed by atoms with van der Waals surface area (Å²) in [5.74, 6) is 0. The van der Waals surface area contributed by atoms with Gasteiger partial charge in [-0.05, 0) is 6.92 Å². The van der Waals surface area contributed by atoms with Gasteiger partial charge in [-0.3, -0.25) is 14.3 Å². The van der Waals surface area contributed by atoms with E-state index in [4.69, 9.17) is 4.74 Å². The van der Waals surface area contributed by atoms with Gasteiger partial charge in [0.1, 0.15) is 18.9 Å². The number of H-pyrrole nitrogens is 1. The van der Waals surface area contributed by atoms with Crippen LogP contribution in [-0.4, -0.2) is 33.5 Å². The molecule has 1 aliphatic heterocycles. The molecule has 2 heterocycles. The minimum Gasteiger partial charge on any atom is -0.390 e. The summed E-state index contributed by atoms with van der Waals surface area (Å²) in [6.07, 6.45) is -0.855. The number of hydrogen-bond donors (Lipinski definition) is 2. The maximum atomic E-state index is 11.5. The van der Waals surface area contributed by atoms with Gasteiger partial charge < -0.3 is 9.84 Å². The number of aromatic amines is 1. The highest BCUT2D eigenvalue weighted by atomic mass is 16.5. The van der Waals surface area contributed by atoms with E-state index in [2.05, 4.69) is 4.98 Å². The van der Waals surface area contributed by atoms with E-state index in [9.17, 15) is 19.8 Å². The van der Waals surface area contributed by atoms with Crippen molar-refractivity contribution in [2.24, 2.45) is 0 Å². The number of aliphatic hydroxyl groups excluding tert-OH is 1. The van der Waals surface area contributed by atoms with Gasteiger partial charge >= 0.3 is 5.69 Å². The van der Waals surface area contributed by atoms with Crippen LogP contribution in [0.2, 0.25) is 0 Å². The fourth-order valence-electron chi connectivity index (χ4n) is 1.84. The summed E-state index contributed by atoms with van der Waals surface area (Å²) in [6.45, 7) is 1.000. The molecule has 0 aliphatic carbocycles. The highest BCUT2D eigenvalue weighted by Crippen LogP contribution is 2.27. The van der Waals surface area contributed by atoms with Gasteiger partial charge in [0.05, 0.1) is 6.10 Å². The molecule has 0 bridgehead atoms. The summed E-state index contributed by atoms with van der Waals surface area (Å²) in [5, 5.41) is 20.2. The topological polar surface area (TPSA) is 104 Å². The van der Waals surface area contributed by atoms with E-state index in [-0.39, 0.29) is 6.42 Å². The molecule has 2 N–H and O–H groups in total. The number of aromatic nitrogens is 2. The van der Waals surface area contributed by atoms with E-state index in [1.165, 1.54) is 10.8 Å². The molecule has 0 amide bonds. The van der Waals surface area contributed by atoms with E-state index in [0.29, 0.717) is 5.56 Å². The van der Waals surface area contributed by atoms with Gasteiger partial charge in [-0.2, -0.15) is 0 Å². The van der Waals surface area contributed by atoms with Gasteiger partial charge in [0.15, 0.2) is 0 Å². The maximum Gasteiger partial charge on any atom is 0.330 e. The third-order valence-electron chi connectivity index (χ3n) is 2.82. The second kappa shape index (κ2) is 4.44. The number of nitrogens with one attached hydrogen (secondary N) is 1. The first kappa shape index (κ1) is 12.0. The van der Waals surface area contributed by atoms with E-state index in [0.717, 1.165) is 0 Å². The molecule has 0 unspecified atom stereocenters. The molecule has 1 aliphatic rings. The highest BCUT2D eigenvalue weighted by Gasteiger charge is 2.35. The van der Waals surface area contributed by atoms with Gasteiger partial charge in [0, 0.05) is 18.2 Å². The van der Waals surface area contributed by atoms with Crippen molar-refractivity contribution in [2.75, 3.05) is 6.61 Å². The Morgan fingerprint density at radius 2 is 2.29 bits per heavy atom. The molecule has 1 radical (unpaired) electrons. The zero-order chi connectivity index (χ0) is 12.6. The van der Waals surface area contributed by atoms with Gasteiger partial charge in [-0.1, -0.05) is 0 Å². The fourth-order valence-corrected chi connectivity index (χ4v) is 1.84. The molecule has 7 heteroatoms. The lowest BCUT2D eigenvalue weighted by molar-refractivity contribution is -0.0599. The van der Waals surface area contributed by atoms with Crippen molar-refractivity contribution < 1.29 is 14.9 Å². The largest absolute Gasteiger partial charge is 0.390 e. The normalized spacial score (nSPS) is 28.5. The molecule has 93 valence electrons. The van der Waals surface area contributed by atoms with Crippen LogP contribution in [-0.2, 0) is 9.84 Å². The number of aliphatic hydroxyl groups is 1. The Balaban J connectivity index is 2.34. The van der Waals surface area contributed by atoms with Crippen molar-refractivity contribution in [2.45, 2.75) is 31.8 Å². The molecule has 17 heavy (non-hydrogen) atoms. The van der Waals surface area contributed by atoms with E-state index >= 15 is 0 Å². The van der Waals surface area contributed by atoms with E-state index in [1.54, 1.807) is 6.92 Å². The monoisotopic (exact) mass is 241 g/mol. The summed E-state index contributed by atoms with van der Waals surface area (Å²) in [4.78, 5) is 24.9. The summed E-state index contributed by atoms with van der Waals surface area (Å²) in [6, 6.07) is 0. The van der Waals surface area contributed by atoms with Crippen LogP contribution in [0.15, 0.2) is 15.8 Å². The van der Waals surface area contributed by atoms with Crippen molar-refractivity contribution >= 4 is 0 Å². The van der Waals surface area contributed by atoms with Crippen molar-refractivity contribution in [3.05, 3.63) is 32.6 Å². The van der Waals surface area contributed by atoms with Crippen LogP contribution in [0.4, 0.5) is 0 Å². The summed E-state index contributed by atoms with van der Waals surface area (Å²) >= 11 is 0. The molecule has 7 nitrogen and oxygen atoms in total. The van der Waals surface area contributed by atoms with Crippen molar-refractivity contribution in [3.63, 3.8) is 0 Å². The summed E-state index contributed by atoms with van der Waals surface area (Å²) < 4.78 is 6.45. The molecule has 2 rings (SSSR count). The van der Waals surface area contributed by atoms with Gasteiger partial charge in [-0.25, -0.2) is 9.90 Å². The standard InChI is InChI=1S/C10H13N2O5/c1-5-3-12(10(16)11-9(5)15)8-2-6(14)7(4-13)17-8/h3,6-8,14H,2,4H2,1H3,(H,11,15,16)/t6-,7+,8+/m0/s1. The van der Waals surface area contributed by atoms with Crippen LogP contribution in [0.25, 0.3) is 0 Å². The van der Waals surface area contributed by atoms with Gasteiger partial charge in [0.25, 0.3) is 5.56 Å². The first-order valence-corrected chi connectivity index (χ1v) is 5.26. The minimum atomic E-state index is -0.878. The SMILES string of the molecule is Cc1cn([C@H]2C[C@H](O)[C@@H](C[O])O2)c(=O)[nH]c1=O. The molecular weight excluding hydrogens is 228 g/mol. The Bertz CT molecular complexity index is 520. The Kier molecular flexibility index (Phi) is 3.14. The molecule has 3 atom stereocenters. The molecular formula is C10H13N2O5. The Hall–Kier alpha value is -1.44. The minimum absolute atomic E-state index is 0.165. The number of hydrogen-bond acceptors (Lipinski definition) is 4. The second-order valence-corrected chi connectivity index (χ2v) is 4.08. The zero-order valence-corrected chi connectivity index (χ0v) is 9.25. The van der Waals surface area contributed by atoms with Crippen molar-refractivity contribution in [1.29, 1.82) is 0 Å². The Labute approximate surface area is 96.3 Å². The average Bonchev–Trinajstić information content (AvgIpc) is 2.65. The summed E-state index contributed by atoms with van der Waals surface area (Å²) in [5.41, 5.74) is -0.692. The predicted molar refractivity (Wildman–Crippen MR) is 56.1 cm³/mol. The summed E-state index contributed by atoms with van der Waals surface area (Å²) in [7, 11) is 0. The van der Waals surface area contributed by atoms with Crippen LogP contribution >= 0.6 is 0 Å². The quantitative estimate of drug-likeness (QED) is 0.687. The molecule has 1 fully saturated rings. The lowest BCUT2D eigenvalue weighted by Crippen LogP contribution is -2.33. The molecule has 1 aromatic rings. The van der Waals surface area contributed by atoms with Crippen molar-refractivity contribution in [3.8, 4) is 0 Å². The van der Waals surface area contributed by atoms with Crippen LogP contribution < -0.4 is 11.2 Å². The first-order valence-electron chi connectivity index (χ1n) is 5.26. The van der Waals surface area contributed by atoms with E-state index < -0.39 is 36.3 Å². The Morgan fingerprint density at radius 3 is 2.88 bits per heavy atom. The zero-order valence-electron chi connectivity index (χ0n) is 9.25. The third kappa shape index (κ3) is 2.17. The number of nitrogens with zero attached hydrogens (tertiary/aromatic N) is 1. The number of ether oxygens (including phenoxy) is 1. The second-order valence-electron chi connectivity index (χ2n) is 4.08. The fraction of sp³-hybridized carbons (Fsp3) is 0.600. The lowest BCUT2D eigenvalue weighted by atomic mass is 10.2. The van der Waals surface area contributed by atoms with Crippen LogP contribution in [0.3, 0.4) is 0 Å². The van der Waals surface area contributed by atoms with Crippen LogP contribution in [0.5, 0.6) is 0 Å². The molecule has 0 aromatic carbocycles. The number of rotatable bonds is 2.